The molecule has 2 N–H and O–H groups in total. The summed E-state index contributed by atoms with van der Waals surface area (Å²) in [6.45, 7) is 6.06. The summed E-state index contributed by atoms with van der Waals surface area (Å²) in [5, 5.41) is 15.0. The first-order valence-corrected chi connectivity index (χ1v) is 12.5. The highest BCUT2D eigenvalue weighted by atomic mass is 19.3. The lowest BCUT2D eigenvalue weighted by molar-refractivity contribution is 0.0127. The van der Waals surface area contributed by atoms with Crippen molar-refractivity contribution in [2.75, 3.05) is 36.4 Å². The van der Waals surface area contributed by atoms with Crippen LogP contribution in [0.15, 0.2) is 53.6 Å². The number of pyridine rings is 2. The van der Waals surface area contributed by atoms with Crippen molar-refractivity contribution >= 4 is 17.3 Å². The maximum atomic E-state index is 13.7. The smallest absolute Gasteiger partial charge is 0.286 e. The first-order valence-electron chi connectivity index (χ1n) is 12.5. The van der Waals surface area contributed by atoms with Crippen molar-refractivity contribution < 1.29 is 13.6 Å². The SMILES string of the molecule is Cc1ccc(NC(=O)c2ccnc(C(C)(F)F)c2)cc1-c1cc(N2CCNCC2)c(=O)n(CCCC#N)c1. The summed E-state index contributed by atoms with van der Waals surface area (Å²) in [7, 11) is 0. The molecule has 1 aliphatic rings. The van der Waals surface area contributed by atoms with Crippen LogP contribution in [-0.4, -0.2) is 41.6 Å². The number of carbonyl (C=O) groups is 1. The highest BCUT2D eigenvalue weighted by Gasteiger charge is 2.27. The molecule has 0 radical (unpaired) electrons. The number of alkyl halides is 2. The summed E-state index contributed by atoms with van der Waals surface area (Å²) in [4.78, 5) is 31.9. The number of hydrogen-bond donors (Lipinski definition) is 2. The van der Waals surface area contributed by atoms with Crippen LogP contribution in [0.25, 0.3) is 11.1 Å². The zero-order chi connectivity index (χ0) is 27.3. The van der Waals surface area contributed by atoms with Gasteiger partial charge in [-0.3, -0.25) is 14.6 Å². The predicted molar refractivity (Wildman–Crippen MR) is 143 cm³/mol. The van der Waals surface area contributed by atoms with E-state index in [1.807, 2.05) is 25.1 Å². The lowest BCUT2D eigenvalue weighted by Gasteiger charge is -2.29. The number of nitriles is 1. The maximum Gasteiger partial charge on any atom is 0.286 e. The average Bonchev–Trinajstić information content (AvgIpc) is 2.91. The van der Waals surface area contributed by atoms with Crippen LogP contribution < -0.4 is 21.1 Å². The molecule has 3 heterocycles. The Morgan fingerprint density at radius 2 is 1.97 bits per heavy atom. The molecule has 0 aliphatic carbocycles. The number of aromatic nitrogens is 2. The average molecular weight is 521 g/mol. The van der Waals surface area contributed by atoms with Crippen LogP contribution >= 0.6 is 0 Å². The molecular weight excluding hydrogens is 490 g/mol. The summed E-state index contributed by atoms with van der Waals surface area (Å²) in [6, 6.07) is 11.9. The Kier molecular flexibility index (Phi) is 8.17. The molecule has 2 aromatic heterocycles. The van der Waals surface area contributed by atoms with Crippen LogP contribution in [0, 0.1) is 18.3 Å². The van der Waals surface area contributed by atoms with Crippen LogP contribution in [0.4, 0.5) is 20.2 Å². The number of rotatable bonds is 8. The molecule has 0 saturated carbocycles. The molecule has 4 rings (SSSR count). The molecule has 1 aliphatic heterocycles. The second kappa shape index (κ2) is 11.5. The monoisotopic (exact) mass is 520 g/mol. The molecular formula is C28H30F2N6O2. The third-order valence-corrected chi connectivity index (χ3v) is 6.49. The molecule has 0 bridgehead atoms. The first-order chi connectivity index (χ1) is 18.2. The number of halogens is 2. The summed E-state index contributed by atoms with van der Waals surface area (Å²) in [5.41, 5.74) is 3.15. The third kappa shape index (κ3) is 6.23. The highest BCUT2D eigenvalue weighted by Crippen LogP contribution is 2.29. The summed E-state index contributed by atoms with van der Waals surface area (Å²) in [6.07, 6.45) is 3.88. The van der Waals surface area contributed by atoms with E-state index in [1.54, 1.807) is 16.8 Å². The van der Waals surface area contributed by atoms with E-state index >= 15 is 0 Å². The van der Waals surface area contributed by atoms with Crippen molar-refractivity contribution in [3.63, 3.8) is 0 Å². The number of unbranched alkanes of at least 4 members (excludes halogenated alkanes) is 1. The fourth-order valence-electron chi connectivity index (χ4n) is 4.42. The Balaban J connectivity index is 1.68. The normalized spacial score (nSPS) is 13.7. The minimum atomic E-state index is -3.16. The summed E-state index contributed by atoms with van der Waals surface area (Å²) >= 11 is 0. The van der Waals surface area contributed by atoms with Crippen molar-refractivity contribution in [1.29, 1.82) is 5.26 Å². The molecule has 38 heavy (non-hydrogen) atoms. The minimum absolute atomic E-state index is 0.0747. The largest absolute Gasteiger partial charge is 0.365 e. The van der Waals surface area contributed by atoms with Gasteiger partial charge in [0.1, 0.15) is 11.4 Å². The molecule has 0 unspecified atom stereocenters. The Morgan fingerprint density at radius 3 is 2.68 bits per heavy atom. The van der Waals surface area contributed by atoms with Crippen molar-refractivity contribution in [2.24, 2.45) is 0 Å². The Labute approximate surface area is 219 Å². The van der Waals surface area contributed by atoms with E-state index in [2.05, 4.69) is 26.6 Å². The maximum absolute atomic E-state index is 13.7. The zero-order valence-electron chi connectivity index (χ0n) is 21.4. The molecule has 10 heteroatoms. The molecule has 8 nitrogen and oxygen atoms in total. The van der Waals surface area contributed by atoms with Crippen LogP contribution in [-0.2, 0) is 12.5 Å². The van der Waals surface area contributed by atoms with Gasteiger partial charge in [0, 0.05) is 75.3 Å². The number of carbonyl (C=O) groups excluding carboxylic acids is 1. The van der Waals surface area contributed by atoms with Crippen LogP contribution in [0.2, 0.25) is 0 Å². The van der Waals surface area contributed by atoms with E-state index in [9.17, 15) is 18.4 Å². The van der Waals surface area contributed by atoms with Crippen LogP contribution in [0.3, 0.4) is 0 Å². The van der Waals surface area contributed by atoms with Gasteiger partial charge in [0.15, 0.2) is 0 Å². The summed E-state index contributed by atoms with van der Waals surface area (Å²) < 4.78 is 29.0. The Bertz CT molecular complexity index is 1420. The van der Waals surface area contributed by atoms with Crippen molar-refractivity contribution in [3.05, 3.63) is 76.0 Å². The minimum Gasteiger partial charge on any atom is -0.365 e. The van der Waals surface area contributed by atoms with Gasteiger partial charge in [-0.2, -0.15) is 14.0 Å². The van der Waals surface area contributed by atoms with Crippen molar-refractivity contribution in [1.82, 2.24) is 14.9 Å². The van der Waals surface area contributed by atoms with E-state index in [-0.39, 0.29) is 11.1 Å². The fourth-order valence-corrected chi connectivity index (χ4v) is 4.42. The van der Waals surface area contributed by atoms with Gasteiger partial charge >= 0.3 is 0 Å². The van der Waals surface area contributed by atoms with Gasteiger partial charge in [-0.1, -0.05) is 6.07 Å². The standard InChI is InChI=1S/C28H30F2N6O2/c1-19-5-6-22(34-26(37)20-7-9-33-25(16-20)28(2,29)30)17-23(19)21-15-24(35-13-10-32-11-14-35)27(38)36(18-21)12-4-3-8-31/h5-7,9,15-18,32H,3-4,10-14H2,1-2H3,(H,34,37). The number of nitrogens with zero attached hydrogens (tertiary/aromatic N) is 4. The highest BCUT2D eigenvalue weighted by molar-refractivity contribution is 6.04. The molecule has 1 aromatic carbocycles. The molecule has 1 saturated heterocycles. The number of aryl methyl sites for hydroxylation is 2. The van der Waals surface area contributed by atoms with Gasteiger partial charge < -0.3 is 20.1 Å². The van der Waals surface area contributed by atoms with Gasteiger partial charge in [0.2, 0.25) is 0 Å². The summed E-state index contributed by atoms with van der Waals surface area (Å²) in [5.74, 6) is -3.69. The van der Waals surface area contributed by atoms with Crippen LogP contribution in [0.5, 0.6) is 0 Å². The molecule has 3 aromatic rings. The Hall–Kier alpha value is -4.10. The first kappa shape index (κ1) is 26.9. The molecule has 1 amide bonds. The second-order valence-electron chi connectivity index (χ2n) is 9.41. The number of piperazine rings is 1. The molecule has 198 valence electrons. The van der Waals surface area contributed by atoms with Crippen LogP contribution in [0.1, 0.15) is 41.4 Å². The van der Waals surface area contributed by atoms with Gasteiger partial charge in [-0.15, -0.1) is 0 Å². The van der Waals surface area contributed by atoms with Gasteiger partial charge in [0.05, 0.1) is 6.07 Å². The van der Waals surface area contributed by atoms with E-state index in [4.69, 9.17) is 5.26 Å². The van der Waals surface area contributed by atoms with Crippen molar-refractivity contribution in [3.8, 4) is 17.2 Å². The van der Waals surface area contributed by atoms with E-state index in [0.717, 1.165) is 42.8 Å². The number of nitrogens with one attached hydrogen (secondary N) is 2. The fraction of sp³-hybridized carbons (Fsp3) is 0.357. The van der Waals surface area contributed by atoms with Gasteiger partial charge in [-0.25, -0.2) is 0 Å². The lowest BCUT2D eigenvalue weighted by atomic mass is 10.00. The quantitative estimate of drug-likeness (QED) is 0.430. The van der Waals surface area contributed by atoms with E-state index in [0.29, 0.717) is 43.9 Å². The Morgan fingerprint density at radius 1 is 1.21 bits per heavy atom. The van der Waals surface area contributed by atoms with Gasteiger partial charge in [-0.05, 0) is 54.8 Å². The topological polar surface area (TPSA) is 103 Å². The number of amides is 1. The van der Waals surface area contributed by atoms with E-state index in [1.165, 1.54) is 12.3 Å². The van der Waals surface area contributed by atoms with Crippen molar-refractivity contribution in [2.45, 2.75) is 39.2 Å². The number of benzene rings is 1. The predicted octanol–water partition coefficient (Wildman–Crippen LogP) is 4.30. The number of anilines is 2. The second-order valence-corrected chi connectivity index (χ2v) is 9.41. The van der Waals surface area contributed by atoms with Gasteiger partial charge in [0.25, 0.3) is 17.4 Å². The lowest BCUT2D eigenvalue weighted by Crippen LogP contribution is -2.46. The van der Waals surface area contributed by atoms with E-state index < -0.39 is 17.5 Å². The number of hydrogen-bond acceptors (Lipinski definition) is 6. The third-order valence-electron chi connectivity index (χ3n) is 6.49. The zero-order valence-corrected chi connectivity index (χ0v) is 21.4. The molecule has 0 spiro atoms. The molecule has 1 fully saturated rings. The molecule has 0 atom stereocenters.